The smallest absolute Gasteiger partial charge is 0.321 e. The van der Waals surface area contributed by atoms with Crippen LogP contribution in [0.1, 0.15) is 40.2 Å². The van der Waals surface area contributed by atoms with E-state index in [9.17, 15) is 14.4 Å². The molecule has 0 fully saturated rings. The molecule has 140 valence electrons. The van der Waals surface area contributed by atoms with Gasteiger partial charge in [0, 0.05) is 12.1 Å². The molecular formula is C18H24N4O3S. The van der Waals surface area contributed by atoms with E-state index in [1.165, 1.54) is 0 Å². The van der Waals surface area contributed by atoms with Crippen molar-refractivity contribution in [2.75, 3.05) is 5.75 Å². The average Bonchev–Trinajstić information content (AvgIpc) is 2.58. The van der Waals surface area contributed by atoms with Gasteiger partial charge in [-0.25, -0.2) is 9.78 Å². The van der Waals surface area contributed by atoms with Gasteiger partial charge in [-0.2, -0.15) is 0 Å². The number of hydrogen-bond donors (Lipinski definition) is 2. The summed E-state index contributed by atoms with van der Waals surface area (Å²) in [6, 6.07) is 6.51. The van der Waals surface area contributed by atoms with Crippen LogP contribution in [0.25, 0.3) is 10.9 Å². The number of carbonyl (C=O) groups excluding carboxylic acids is 2. The van der Waals surface area contributed by atoms with Crippen molar-refractivity contribution in [3.8, 4) is 0 Å². The topological polar surface area (TPSA) is 93.1 Å². The molecule has 0 aliphatic heterocycles. The Labute approximate surface area is 156 Å². The molecule has 1 unspecified atom stereocenters. The van der Waals surface area contributed by atoms with Crippen LogP contribution in [0.3, 0.4) is 0 Å². The van der Waals surface area contributed by atoms with Gasteiger partial charge in [0.2, 0.25) is 5.91 Å². The Hall–Kier alpha value is -2.35. The minimum atomic E-state index is -0.531. The number of amides is 3. The molecule has 0 bridgehead atoms. The summed E-state index contributed by atoms with van der Waals surface area (Å²) in [6.07, 6.45) is 0.760. The first-order chi connectivity index (χ1) is 12.3. The van der Waals surface area contributed by atoms with Crippen LogP contribution >= 0.6 is 11.8 Å². The average molecular weight is 376 g/mol. The van der Waals surface area contributed by atoms with Gasteiger partial charge in [-0.15, -0.1) is 0 Å². The number of nitrogens with one attached hydrogen (secondary N) is 2. The van der Waals surface area contributed by atoms with Gasteiger partial charge in [-0.1, -0.05) is 30.8 Å². The molecule has 0 radical (unpaired) electrons. The lowest BCUT2D eigenvalue weighted by molar-refractivity contribution is -0.117. The Kier molecular flexibility index (Phi) is 6.79. The molecule has 0 aliphatic rings. The predicted octanol–water partition coefficient (Wildman–Crippen LogP) is 2.69. The first-order valence-corrected chi connectivity index (χ1v) is 9.56. The second kappa shape index (κ2) is 8.84. The van der Waals surface area contributed by atoms with Crippen molar-refractivity contribution in [1.29, 1.82) is 0 Å². The number of hydrogen-bond acceptors (Lipinski definition) is 5. The van der Waals surface area contributed by atoms with Gasteiger partial charge in [0.1, 0.15) is 0 Å². The van der Waals surface area contributed by atoms with Crippen LogP contribution < -0.4 is 16.2 Å². The number of carbonyl (C=O) groups is 2. The van der Waals surface area contributed by atoms with Gasteiger partial charge in [0.05, 0.1) is 16.7 Å². The van der Waals surface area contributed by atoms with E-state index in [0.29, 0.717) is 16.1 Å². The molecule has 2 aromatic rings. The van der Waals surface area contributed by atoms with Crippen molar-refractivity contribution in [2.45, 2.75) is 51.4 Å². The fraction of sp³-hybridized carbons (Fsp3) is 0.444. The summed E-state index contributed by atoms with van der Waals surface area (Å²) in [4.78, 5) is 41.0. The number of benzene rings is 1. The summed E-state index contributed by atoms with van der Waals surface area (Å²) in [5.74, 6) is -0.446. The molecule has 8 heteroatoms. The zero-order chi connectivity index (χ0) is 19.3. The van der Waals surface area contributed by atoms with Crippen LogP contribution in [0.2, 0.25) is 0 Å². The maximum atomic E-state index is 12.8. The summed E-state index contributed by atoms with van der Waals surface area (Å²) < 4.78 is 1.62. The molecule has 2 N–H and O–H groups in total. The molecule has 3 amide bonds. The Morgan fingerprint density at radius 1 is 1.23 bits per heavy atom. The van der Waals surface area contributed by atoms with Gasteiger partial charge in [0.15, 0.2) is 5.16 Å². The van der Waals surface area contributed by atoms with Gasteiger partial charge in [-0.05, 0) is 39.3 Å². The fourth-order valence-electron chi connectivity index (χ4n) is 2.39. The number of aromatic nitrogens is 2. The van der Waals surface area contributed by atoms with Crippen molar-refractivity contribution in [3.05, 3.63) is 34.6 Å². The third-order valence-corrected chi connectivity index (χ3v) is 4.76. The number of thioether (sulfide) groups is 1. The summed E-state index contributed by atoms with van der Waals surface area (Å²) in [5, 5.41) is 5.89. The predicted molar refractivity (Wildman–Crippen MR) is 104 cm³/mol. The summed E-state index contributed by atoms with van der Waals surface area (Å²) in [7, 11) is 0. The molecule has 1 heterocycles. The number of rotatable bonds is 6. The molecule has 0 saturated carbocycles. The largest absolute Gasteiger partial charge is 0.336 e. The number of nitrogens with zero attached hydrogens (tertiary/aromatic N) is 2. The molecule has 2 rings (SSSR count). The van der Waals surface area contributed by atoms with Crippen LogP contribution in [0.15, 0.2) is 34.2 Å². The molecule has 26 heavy (non-hydrogen) atoms. The van der Waals surface area contributed by atoms with Crippen LogP contribution in [0.4, 0.5) is 4.79 Å². The number of urea groups is 1. The van der Waals surface area contributed by atoms with Crippen molar-refractivity contribution in [1.82, 2.24) is 20.2 Å². The van der Waals surface area contributed by atoms with Crippen LogP contribution in [-0.4, -0.2) is 33.3 Å². The molecule has 0 saturated heterocycles. The second-order valence-corrected chi connectivity index (χ2v) is 7.25. The highest BCUT2D eigenvalue weighted by atomic mass is 32.2. The molecule has 7 nitrogen and oxygen atoms in total. The van der Waals surface area contributed by atoms with E-state index < -0.39 is 11.9 Å². The van der Waals surface area contributed by atoms with Crippen LogP contribution in [0.5, 0.6) is 0 Å². The highest BCUT2D eigenvalue weighted by Gasteiger charge is 2.17. The summed E-state index contributed by atoms with van der Waals surface area (Å²) in [6.45, 7) is 7.55. The Bertz CT molecular complexity index is 863. The second-order valence-electron chi connectivity index (χ2n) is 6.31. The monoisotopic (exact) mass is 376 g/mol. The normalized spacial score (nSPS) is 12.2. The molecular weight excluding hydrogens is 352 g/mol. The minimum Gasteiger partial charge on any atom is -0.336 e. The van der Waals surface area contributed by atoms with E-state index in [4.69, 9.17) is 0 Å². The zero-order valence-electron chi connectivity index (χ0n) is 15.4. The van der Waals surface area contributed by atoms with Gasteiger partial charge in [0.25, 0.3) is 5.56 Å². The number of fused-ring (bicyclic) bond motifs is 1. The first-order valence-electron chi connectivity index (χ1n) is 8.57. The van der Waals surface area contributed by atoms with E-state index in [1.807, 2.05) is 33.8 Å². The van der Waals surface area contributed by atoms with E-state index in [0.717, 1.165) is 18.2 Å². The van der Waals surface area contributed by atoms with Crippen molar-refractivity contribution < 1.29 is 9.59 Å². The molecule has 0 spiro atoms. The van der Waals surface area contributed by atoms with Crippen LogP contribution in [0, 0.1) is 0 Å². The third kappa shape index (κ3) is 4.85. The van der Waals surface area contributed by atoms with Crippen molar-refractivity contribution in [2.24, 2.45) is 0 Å². The Balaban J connectivity index is 2.24. The molecule has 1 aromatic heterocycles. The highest BCUT2D eigenvalue weighted by Crippen LogP contribution is 2.22. The Morgan fingerprint density at radius 2 is 1.92 bits per heavy atom. The lowest BCUT2D eigenvalue weighted by atomic mass is 10.2. The fourth-order valence-corrected chi connectivity index (χ4v) is 3.29. The van der Waals surface area contributed by atoms with Gasteiger partial charge in [-0.3, -0.25) is 19.5 Å². The SMILES string of the molecule is CCC(C)n1c(SCC(=O)NC(=O)NC(C)C)nc2ccccc2c1=O. The van der Waals surface area contributed by atoms with E-state index in [-0.39, 0.29) is 23.4 Å². The van der Waals surface area contributed by atoms with Gasteiger partial charge >= 0.3 is 6.03 Å². The Morgan fingerprint density at radius 3 is 2.58 bits per heavy atom. The lowest BCUT2D eigenvalue weighted by Gasteiger charge is -2.18. The number of para-hydroxylation sites is 1. The van der Waals surface area contributed by atoms with Gasteiger partial charge < -0.3 is 5.32 Å². The quantitative estimate of drug-likeness (QED) is 0.597. The highest BCUT2D eigenvalue weighted by molar-refractivity contribution is 7.99. The van der Waals surface area contributed by atoms with Crippen LogP contribution in [-0.2, 0) is 4.79 Å². The van der Waals surface area contributed by atoms with Crippen molar-refractivity contribution in [3.63, 3.8) is 0 Å². The van der Waals surface area contributed by atoms with E-state index in [1.54, 1.807) is 22.8 Å². The maximum Gasteiger partial charge on any atom is 0.321 e. The molecule has 1 atom stereocenters. The molecule has 0 aliphatic carbocycles. The third-order valence-electron chi connectivity index (χ3n) is 3.81. The van der Waals surface area contributed by atoms with Crippen molar-refractivity contribution >= 4 is 34.6 Å². The zero-order valence-corrected chi connectivity index (χ0v) is 16.2. The lowest BCUT2D eigenvalue weighted by Crippen LogP contribution is -2.43. The minimum absolute atomic E-state index is 0.00721. The number of imide groups is 1. The maximum absolute atomic E-state index is 12.8. The summed E-state index contributed by atoms with van der Waals surface area (Å²) >= 11 is 1.15. The van der Waals surface area contributed by atoms with E-state index in [2.05, 4.69) is 15.6 Å². The standard InChI is InChI=1S/C18H24N4O3S/c1-5-12(4)22-16(24)13-8-6-7-9-14(13)20-18(22)26-10-15(23)21-17(25)19-11(2)3/h6-9,11-12H,5,10H2,1-4H3,(H2,19,21,23,25). The first kappa shape index (κ1) is 20.0. The van der Waals surface area contributed by atoms with E-state index >= 15 is 0 Å². The summed E-state index contributed by atoms with van der Waals surface area (Å²) in [5.41, 5.74) is 0.475. The molecule has 1 aromatic carbocycles.